The van der Waals surface area contributed by atoms with Gasteiger partial charge in [-0.3, -0.25) is 13.8 Å². The maximum absolute atomic E-state index is 12.9. The van der Waals surface area contributed by atoms with E-state index in [1.807, 2.05) is 21.1 Å². The number of allylic oxidation sites excluding steroid dienone is 2. The number of carbonyl (C=O) groups is 1. The molecule has 0 aromatic carbocycles. The van der Waals surface area contributed by atoms with Crippen LogP contribution in [0.25, 0.3) is 0 Å². The second kappa shape index (κ2) is 40.6. The Labute approximate surface area is 354 Å². The van der Waals surface area contributed by atoms with Crippen LogP contribution in [0, 0.1) is 0 Å². The highest BCUT2D eigenvalue weighted by atomic mass is 31.2. The van der Waals surface area contributed by atoms with E-state index in [2.05, 4.69) is 31.3 Å². The van der Waals surface area contributed by atoms with Crippen LogP contribution in [0.15, 0.2) is 12.2 Å². The monoisotopic (exact) mass is 830 g/mol. The van der Waals surface area contributed by atoms with E-state index >= 15 is 0 Å². The number of quaternary nitrogens is 1. The van der Waals surface area contributed by atoms with Gasteiger partial charge in [0.15, 0.2) is 0 Å². The van der Waals surface area contributed by atoms with Crippen LogP contribution in [-0.4, -0.2) is 73.4 Å². The summed E-state index contributed by atoms with van der Waals surface area (Å²) in [5.41, 5.74) is 0. The Balaban J connectivity index is 4.21. The minimum absolute atomic E-state index is 0.0723. The Morgan fingerprint density at radius 1 is 0.579 bits per heavy atom. The van der Waals surface area contributed by atoms with E-state index in [-0.39, 0.29) is 19.1 Å². The van der Waals surface area contributed by atoms with Gasteiger partial charge in [-0.2, -0.15) is 0 Å². The summed E-state index contributed by atoms with van der Waals surface area (Å²) in [6.45, 7) is 4.88. The van der Waals surface area contributed by atoms with Gasteiger partial charge >= 0.3 is 7.82 Å². The molecular formula is C48H98N2O6P+. The Morgan fingerprint density at radius 3 is 1.35 bits per heavy atom. The largest absolute Gasteiger partial charge is 0.472 e. The summed E-state index contributed by atoms with van der Waals surface area (Å²) < 4.78 is 23.6. The molecule has 0 saturated carbocycles. The average molecular weight is 830 g/mol. The molecule has 9 heteroatoms. The number of likely N-dealkylation sites (N-methyl/N-ethyl adjacent to an activating group) is 1. The van der Waals surface area contributed by atoms with Crippen LogP contribution >= 0.6 is 7.82 Å². The van der Waals surface area contributed by atoms with Gasteiger partial charge < -0.3 is 19.8 Å². The summed E-state index contributed by atoms with van der Waals surface area (Å²) in [5.74, 6) is -0.150. The summed E-state index contributed by atoms with van der Waals surface area (Å²) in [6.07, 6.45) is 46.8. The van der Waals surface area contributed by atoms with Crippen molar-refractivity contribution in [1.82, 2.24) is 5.32 Å². The first-order chi connectivity index (χ1) is 27.5. The van der Waals surface area contributed by atoms with Crippen molar-refractivity contribution in [2.75, 3.05) is 40.9 Å². The molecule has 0 rings (SSSR count). The van der Waals surface area contributed by atoms with Gasteiger partial charge in [-0.15, -0.1) is 0 Å². The lowest BCUT2D eigenvalue weighted by Crippen LogP contribution is -2.46. The predicted octanol–water partition coefficient (Wildman–Crippen LogP) is 13.9. The number of phosphoric acid groups is 1. The normalized spacial score (nSPS) is 14.3. The lowest BCUT2D eigenvalue weighted by atomic mass is 10.0. The summed E-state index contributed by atoms with van der Waals surface area (Å²) in [6, 6.07) is -0.771. The predicted molar refractivity (Wildman–Crippen MR) is 245 cm³/mol. The van der Waals surface area contributed by atoms with Gasteiger partial charge in [-0.25, -0.2) is 4.57 Å². The second-order valence-corrected chi connectivity index (χ2v) is 19.6. The van der Waals surface area contributed by atoms with Crippen molar-refractivity contribution in [3.05, 3.63) is 12.2 Å². The fourth-order valence-electron chi connectivity index (χ4n) is 7.34. The van der Waals surface area contributed by atoms with Crippen molar-refractivity contribution >= 4 is 13.7 Å². The van der Waals surface area contributed by atoms with Gasteiger partial charge in [-0.05, 0) is 38.5 Å². The highest BCUT2D eigenvalue weighted by molar-refractivity contribution is 7.47. The van der Waals surface area contributed by atoms with Gasteiger partial charge in [0.25, 0.3) is 0 Å². The molecule has 3 N–H and O–H groups in total. The van der Waals surface area contributed by atoms with Crippen LogP contribution in [0.5, 0.6) is 0 Å². The molecule has 0 aromatic heterocycles. The Kier molecular flexibility index (Phi) is 40.1. The molecule has 3 atom stereocenters. The zero-order valence-corrected chi connectivity index (χ0v) is 39.5. The lowest BCUT2D eigenvalue weighted by Gasteiger charge is -2.26. The number of hydrogen-bond acceptors (Lipinski definition) is 5. The first-order valence-electron chi connectivity index (χ1n) is 24.6. The molecule has 0 spiro atoms. The van der Waals surface area contributed by atoms with E-state index in [1.54, 1.807) is 0 Å². The standard InChI is InChI=1S/C48H97N2O6P/c1-6-8-10-12-14-16-18-20-21-22-23-24-25-26-27-28-30-32-34-36-38-40-42-48(52)49-46(45-56-57(53,54)55-44-43-50(3,4)5)47(51)41-39-37-35-33-31-29-19-17-15-13-11-9-7-2/h31,33,46-47,51H,6-30,32,34-45H2,1-5H3,(H-,49,52,53,54)/p+1/b33-31+/t46-,47+/m0/s1. The number of hydrogen-bond donors (Lipinski definition) is 3. The second-order valence-electron chi connectivity index (χ2n) is 18.2. The van der Waals surface area contributed by atoms with Crippen LogP contribution < -0.4 is 5.32 Å². The van der Waals surface area contributed by atoms with Crippen LogP contribution in [0.2, 0.25) is 0 Å². The third-order valence-corrected chi connectivity index (χ3v) is 12.2. The van der Waals surface area contributed by atoms with Crippen LogP contribution in [0.1, 0.15) is 239 Å². The van der Waals surface area contributed by atoms with Crippen molar-refractivity contribution in [1.29, 1.82) is 0 Å². The minimum atomic E-state index is -4.32. The van der Waals surface area contributed by atoms with Gasteiger partial charge in [0, 0.05) is 6.42 Å². The maximum Gasteiger partial charge on any atom is 0.472 e. The molecule has 0 saturated heterocycles. The Hall–Kier alpha value is -0.760. The fourth-order valence-corrected chi connectivity index (χ4v) is 8.07. The summed E-state index contributed by atoms with van der Waals surface area (Å²) in [5, 5.41) is 14.0. The van der Waals surface area contributed by atoms with Crippen LogP contribution in [0.4, 0.5) is 0 Å². The molecule has 0 aliphatic heterocycles. The molecule has 0 aliphatic carbocycles. The average Bonchev–Trinajstić information content (AvgIpc) is 3.16. The summed E-state index contributed by atoms with van der Waals surface area (Å²) in [7, 11) is 1.61. The van der Waals surface area contributed by atoms with Crippen molar-refractivity contribution < 1.29 is 32.9 Å². The molecule has 8 nitrogen and oxygen atoms in total. The molecule has 1 unspecified atom stereocenters. The number of phosphoric ester groups is 1. The smallest absolute Gasteiger partial charge is 0.391 e. The third-order valence-electron chi connectivity index (χ3n) is 11.3. The summed E-state index contributed by atoms with van der Waals surface area (Å²) >= 11 is 0. The number of nitrogens with one attached hydrogen (secondary N) is 1. The summed E-state index contributed by atoms with van der Waals surface area (Å²) in [4.78, 5) is 23.2. The quantitative estimate of drug-likeness (QED) is 0.0244. The number of carbonyl (C=O) groups excluding carboxylic acids is 1. The van der Waals surface area contributed by atoms with Crippen molar-refractivity contribution in [3.8, 4) is 0 Å². The van der Waals surface area contributed by atoms with E-state index in [0.29, 0.717) is 23.9 Å². The molecule has 1 amide bonds. The molecule has 0 fully saturated rings. The number of rotatable bonds is 45. The Bertz CT molecular complexity index is 942. The number of amides is 1. The Morgan fingerprint density at radius 2 is 0.947 bits per heavy atom. The molecule has 0 bridgehead atoms. The van der Waals surface area contributed by atoms with Gasteiger partial charge in [-0.1, -0.05) is 206 Å². The minimum Gasteiger partial charge on any atom is -0.391 e. The van der Waals surface area contributed by atoms with Crippen molar-refractivity contribution in [2.45, 2.75) is 251 Å². The number of unbranched alkanes of at least 4 members (excludes halogenated alkanes) is 30. The van der Waals surface area contributed by atoms with Gasteiger partial charge in [0.05, 0.1) is 39.9 Å². The molecule has 57 heavy (non-hydrogen) atoms. The van der Waals surface area contributed by atoms with Crippen molar-refractivity contribution in [3.63, 3.8) is 0 Å². The van der Waals surface area contributed by atoms with E-state index in [4.69, 9.17) is 9.05 Å². The molecule has 340 valence electrons. The van der Waals surface area contributed by atoms with E-state index in [9.17, 15) is 19.4 Å². The topological polar surface area (TPSA) is 105 Å². The zero-order valence-electron chi connectivity index (χ0n) is 38.6. The maximum atomic E-state index is 12.9. The highest BCUT2D eigenvalue weighted by Gasteiger charge is 2.28. The lowest BCUT2D eigenvalue weighted by molar-refractivity contribution is -0.870. The SMILES string of the molecule is CCCCCCCCC/C=C/CCCC[C@@H](O)[C@H](COP(=O)(O)OCC[N+](C)(C)C)NC(=O)CCCCCCCCCCCCCCCCCCCCCCCC. The fraction of sp³-hybridized carbons (Fsp3) is 0.938. The third kappa shape index (κ3) is 43.1. The van der Waals surface area contributed by atoms with E-state index in [0.717, 1.165) is 44.9 Å². The zero-order chi connectivity index (χ0) is 42.1. The number of nitrogens with zero attached hydrogens (tertiary/aromatic N) is 1. The molecule has 0 aromatic rings. The first kappa shape index (κ1) is 56.2. The van der Waals surface area contributed by atoms with Crippen LogP contribution in [-0.2, 0) is 18.4 Å². The molecular weight excluding hydrogens is 732 g/mol. The number of aliphatic hydroxyl groups excluding tert-OH is 1. The van der Waals surface area contributed by atoms with Gasteiger partial charge in [0.1, 0.15) is 13.2 Å². The molecule has 0 radical (unpaired) electrons. The van der Waals surface area contributed by atoms with E-state index < -0.39 is 20.0 Å². The van der Waals surface area contributed by atoms with Crippen molar-refractivity contribution in [2.24, 2.45) is 0 Å². The molecule has 0 aliphatic rings. The number of aliphatic hydroxyl groups is 1. The first-order valence-corrected chi connectivity index (χ1v) is 26.0. The van der Waals surface area contributed by atoms with Gasteiger partial charge in [0.2, 0.25) is 5.91 Å². The van der Waals surface area contributed by atoms with Crippen LogP contribution in [0.3, 0.4) is 0 Å². The highest BCUT2D eigenvalue weighted by Crippen LogP contribution is 2.43. The molecule has 0 heterocycles. The van der Waals surface area contributed by atoms with E-state index in [1.165, 1.54) is 167 Å².